The maximum absolute atomic E-state index is 12.2. The molecule has 0 radical (unpaired) electrons. The van der Waals surface area contributed by atoms with Crippen LogP contribution in [0.25, 0.3) is 0 Å². The Labute approximate surface area is 142 Å². The fourth-order valence-electron chi connectivity index (χ4n) is 2.54. The first-order valence-electron chi connectivity index (χ1n) is 8.12. The van der Waals surface area contributed by atoms with E-state index in [1.165, 1.54) is 0 Å². The van der Waals surface area contributed by atoms with Gasteiger partial charge in [-0.1, -0.05) is 46.8 Å². The van der Waals surface area contributed by atoms with Crippen LogP contribution in [0.1, 0.15) is 40.2 Å². The number of imide groups is 1. The topological polar surface area (TPSA) is 78.5 Å². The number of rotatable bonds is 4. The van der Waals surface area contributed by atoms with Gasteiger partial charge in [-0.15, -0.1) is 0 Å². The minimum atomic E-state index is -0.559. The van der Waals surface area contributed by atoms with Crippen molar-refractivity contribution >= 4 is 23.5 Å². The number of hydrogen-bond acceptors (Lipinski definition) is 3. The molecule has 1 saturated heterocycles. The van der Waals surface area contributed by atoms with Gasteiger partial charge in [0.1, 0.15) is 12.6 Å². The Morgan fingerprint density at radius 2 is 1.79 bits per heavy atom. The second kappa shape index (κ2) is 6.63. The Hall–Kier alpha value is -2.37. The van der Waals surface area contributed by atoms with Crippen LogP contribution in [0.4, 0.5) is 10.5 Å². The lowest BCUT2D eigenvalue weighted by atomic mass is 9.87. The average Bonchev–Trinajstić information content (AvgIpc) is 2.75. The van der Waals surface area contributed by atoms with E-state index in [1.807, 2.05) is 38.1 Å². The van der Waals surface area contributed by atoms with Gasteiger partial charge in [-0.2, -0.15) is 0 Å². The van der Waals surface area contributed by atoms with Crippen LogP contribution in [0.3, 0.4) is 0 Å². The number of nitrogens with one attached hydrogen (secondary N) is 2. The van der Waals surface area contributed by atoms with E-state index < -0.39 is 18.0 Å². The third-order valence-electron chi connectivity index (χ3n) is 4.06. The number of nitrogens with zero attached hydrogens (tertiary/aromatic N) is 1. The quantitative estimate of drug-likeness (QED) is 0.832. The molecule has 0 aliphatic carbocycles. The summed E-state index contributed by atoms with van der Waals surface area (Å²) in [7, 11) is 0. The molecule has 6 nitrogen and oxygen atoms in total. The van der Waals surface area contributed by atoms with E-state index in [1.54, 1.807) is 0 Å². The highest BCUT2D eigenvalue weighted by molar-refractivity contribution is 6.08. The number of hydrogen-bond donors (Lipinski definition) is 2. The zero-order chi connectivity index (χ0) is 18.1. The van der Waals surface area contributed by atoms with Gasteiger partial charge in [0.05, 0.1) is 0 Å². The maximum atomic E-state index is 12.2. The monoisotopic (exact) mass is 331 g/mol. The van der Waals surface area contributed by atoms with Crippen molar-refractivity contribution in [2.24, 2.45) is 5.92 Å². The molecule has 4 amide bonds. The molecular formula is C18H25N3O3. The van der Waals surface area contributed by atoms with Gasteiger partial charge < -0.3 is 10.6 Å². The third-order valence-corrected chi connectivity index (χ3v) is 4.06. The van der Waals surface area contributed by atoms with Crippen molar-refractivity contribution in [3.63, 3.8) is 0 Å². The van der Waals surface area contributed by atoms with Gasteiger partial charge in [-0.05, 0) is 29.0 Å². The lowest BCUT2D eigenvalue weighted by Gasteiger charge is -2.19. The smallest absolute Gasteiger partial charge is 0.325 e. The highest BCUT2D eigenvalue weighted by Crippen LogP contribution is 2.23. The number of urea groups is 1. The Kier molecular flexibility index (Phi) is 4.96. The van der Waals surface area contributed by atoms with Crippen LogP contribution in [0.5, 0.6) is 0 Å². The van der Waals surface area contributed by atoms with Gasteiger partial charge in [0, 0.05) is 5.69 Å². The summed E-state index contributed by atoms with van der Waals surface area (Å²) >= 11 is 0. The first-order valence-corrected chi connectivity index (χ1v) is 8.12. The standard InChI is InChI=1S/C18H25N3O3/c1-11(2)15-16(23)21(17(24)20-15)10-14(22)19-13-8-6-12(7-9-13)18(3,4)5/h6-9,11,15H,10H2,1-5H3,(H,19,22)(H,20,24). The van der Waals surface area contributed by atoms with Crippen LogP contribution in [0.2, 0.25) is 0 Å². The molecule has 0 aromatic heterocycles. The molecule has 1 aliphatic rings. The van der Waals surface area contributed by atoms with E-state index in [-0.39, 0.29) is 23.8 Å². The summed E-state index contributed by atoms with van der Waals surface area (Å²) < 4.78 is 0. The molecule has 1 fully saturated rings. The van der Waals surface area contributed by atoms with Crippen LogP contribution in [0.15, 0.2) is 24.3 Å². The minimum Gasteiger partial charge on any atom is -0.326 e. The van der Waals surface area contributed by atoms with Crippen LogP contribution in [0, 0.1) is 5.92 Å². The van der Waals surface area contributed by atoms with E-state index in [0.717, 1.165) is 10.5 Å². The molecule has 1 aromatic carbocycles. The fourth-order valence-corrected chi connectivity index (χ4v) is 2.54. The lowest BCUT2D eigenvalue weighted by molar-refractivity contribution is -0.131. The van der Waals surface area contributed by atoms with E-state index in [9.17, 15) is 14.4 Å². The first kappa shape index (κ1) is 18.0. The maximum Gasteiger partial charge on any atom is 0.325 e. The van der Waals surface area contributed by atoms with Gasteiger partial charge >= 0.3 is 6.03 Å². The van der Waals surface area contributed by atoms with Gasteiger partial charge in [0.2, 0.25) is 5.91 Å². The molecule has 2 rings (SSSR count). The summed E-state index contributed by atoms with van der Waals surface area (Å²) in [5, 5.41) is 5.32. The molecule has 1 unspecified atom stereocenters. The van der Waals surface area contributed by atoms with Crippen LogP contribution < -0.4 is 10.6 Å². The Bertz CT molecular complexity index is 644. The summed E-state index contributed by atoms with van der Waals surface area (Å²) in [5.74, 6) is -0.765. The molecule has 1 heterocycles. The Morgan fingerprint density at radius 3 is 2.25 bits per heavy atom. The van der Waals surface area contributed by atoms with Crippen LogP contribution >= 0.6 is 0 Å². The van der Waals surface area contributed by atoms with E-state index in [2.05, 4.69) is 31.4 Å². The summed E-state index contributed by atoms with van der Waals surface area (Å²) in [6.45, 7) is 9.76. The van der Waals surface area contributed by atoms with Crippen molar-refractivity contribution in [2.45, 2.75) is 46.1 Å². The SMILES string of the molecule is CC(C)C1NC(=O)N(CC(=O)Nc2ccc(C(C)(C)C)cc2)C1=O. The Balaban J connectivity index is 1.99. The van der Waals surface area contributed by atoms with Crippen LogP contribution in [-0.4, -0.2) is 35.3 Å². The van der Waals surface area contributed by atoms with Gasteiger partial charge in [0.25, 0.3) is 5.91 Å². The van der Waals surface area contributed by atoms with Crippen molar-refractivity contribution < 1.29 is 14.4 Å². The molecule has 0 spiro atoms. The van der Waals surface area contributed by atoms with Crippen molar-refractivity contribution in [3.8, 4) is 0 Å². The van der Waals surface area contributed by atoms with E-state index in [4.69, 9.17) is 0 Å². The highest BCUT2D eigenvalue weighted by atomic mass is 16.2. The zero-order valence-corrected chi connectivity index (χ0v) is 14.8. The van der Waals surface area contributed by atoms with Gasteiger partial charge in [0.15, 0.2) is 0 Å². The van der Waals surface area contributed by atoms with Crippen molar-refractivity contribution in [1.29, 1.82) is 0 Å². The molecule has 130 valence electrons. The first-order chi connectivity index (χ1) is 11.1. The second-order valence-electron chi connectivity index (χ2n) is 7.47. The number of amides is 4. The normalized spacial score (nSPS) is 18.1. The molecule has 24 heavy (non-hydrogen) atoms. The van der Waals surface area contributed by atoms with Crippen LogP contribution in [-0.2, 0) is 15.0 Å². The Morgan fingerprint density at radius 1 is 1.21 bits per heavy atom. The van der Waals surface area contributed by atoms with E-state index in [0.29, 0.717) is 5.69 Å². The average molecular weight is 331 g/mol. The molecule has 0 bridgehead atoms. The molecule has 6 heteroatoms. The van der Waals surface area contributed by atoms with Gasteiger partial charge in [-0.3, -0.25) is 14.5 Å². The molecular weight excluding hydrogens is 306 g/mol. The van der Waals surface area contributed by atoms with Crippen molar-refractivity contribution in [2.75, 3.05) is 11.9 Å². The van der Waals surface area contributed by atoms with Crippen molar-refractivity contribution in [1.82, 2.24) is 10.2 Å². The lowest BCUT2D eigenvalue weighted by Crippen LogP contribution is -2.39. The summed E-state index contributed by atoms with van der Waals surface area (Å²) in [5.41, 5.74) is 1.84. The largest absolute Gasteiger partial charge is 0.326 e. The highest BCUT2D eigenvalue weighted by Gasteiger charge is 2.40. The minimum absolute atomic E-state index is 0.0144. The fraction of sp³-hybridized carbons (Fsp3) is 0.500. The molecule has 0 saturated carbocycles. The predicted octanol–water partition coefficient (Wildman–Crippen LogP) is 2.50. The number of carbonyl (C=O) groups is 3. The summed E-state index contributed by atoms with van der Waals surface area (Å²) in [6.07, 6.45) is 0. The number of carbonyl (C=O) groups excluding carboxylic acids is 3. The summed E-state index contributed by atoms with van der Waals surface area (Å²) in [6, 6.07) is 6.48. The summed E-state index contributed by atoms with van der Waals surface area (Å²) in [4.78, 5) is 37.1. The van der Waals surface area contributed by atoms with E-state index >= 15 is 0 Å². The third kappa shape index (κ3) is 3.93. The van der Waals surface area contributed by atoms with Gasteiger partial charge in [-0.25, -0.2) is 4.79 Å². The molecule has 1 atom stereocenters. The second-order valence-corrected chi connectivity index (χ2v) is 7.47. The number of benzene rings is 1. The molecule has 1 aliphatic heterocycles. The predicted molar refractivity (Wildman–Crippen MR) is 92.6 cm³/mol. The zero-order valence-electron chi connectivity index (χ0n) is 14.8. The number of anilines is 1. The van der Waals surface area contributed by atoms with Crippen molar-refractivity contribution in [3.05, 3.63) is 29.8 Å². The molecule has 2 N–H and O–H groups in total. The molecule has 1 aromatic rings.